The molecule has 0 spiro atoms. The largest absolute Gasteiger partial charge is 0.478 e. The highest BCUT2D eigenvalue weighted by molar-refractivity contribution is 5.88. The maximum atomic E-state index is 13.1. The molecule has 0 heterocycles. The van der Waals surface area contributed by atoms with Crippen molar-refractivity contribution in [3.63, 3.8) is 0 Å². The van der Waals surface area contributed by atoms with E-state index in [-0.39, 0.29) is 11.5 Å². The number of hydrogen-bond donors (Lipinski definition) is 2. The third kappa shape index (κ3) is 4.37. The number of carbonyl (C=O) groups is 2. The van der Waals surface area contributed by atoms with Crippen molar-refractivity contribution in [3.8, 4) is 0 Å². The summed E-state index contributed by atoms with van der Waals surface area (Å²) in [6.45, 7) is 1.95. The minimum Gasteiger partial charge on any atom is -0.478 e. The van der Waals surface area contributed by atoms with Gasteiger partial charge in [0.25, 0.3) is 0 Å². The van der Waals surface area contributed by atoms with Crippen LogP contribution in [0.1, 0.15) is 29.3 Å². The molecule has 0 bridgehead atoms. The van der Waals surface area contributed by atoms with E-state index in [4.69, 9.17) is 5.11 Å². The van der Waals surface area contributed by atoms with Gasteiger partial charge >= 0.3 is 5.97 Å². The SMILES string of the molecule is CC(=O)NCCC=Cc1ccc(F)c(C(=O)O)c1. The molecule has 96 valence electrons. The highest BCUT2D eigenvalue weighted by atomic mass is 19.1. The summed E-state index contributed by atoms with van der Waals surface area (Å²) in [4.78, 5) is 21.3. The summed E-state index contributed by atoms with van der Waals surface area (Å²) in [5.41, 5.74) is 0.260. The van der Waals surface area contributed by atoms with Gasteiger partial charge in [-0.15, -0.1) is 0 Å². The van der Waals surface area contributed by atoms with Crippen molar-refractivity contribution in [1.29, 1.82) is 0 Å². The lowest BCUT2D eigenvalue weighted by molar-refractivity contribution is -0.118. The van der Waals surface area contributed by atoms with Crippen molar-refractivity contribution in [3.05, 3.63) is 41.2 Å². The lowest BCUT2D eigenvalue weighted by atomic mass is 10.1. The van der Waals surface area contributed by atoms with Crippen molar-refractivity contribution in [2.45, 2.75) is 13.3 Å². The second-order valence-electron chi connectivity index (χ2n) is 3.72. The first-order valence-electron chi connectivity index (χ1n) is 5.44. The molecule has 0 aliphatic heterocycles. The Morgan fingerprint density at radius 2 is 2.17 bits per heavy atom. The summed E-state index contributed by atoms with van der Waals surface area (Å²) < 4.78 is 13.1. The van der Waals surface area contributed by atoms with Crippen LogP contribution < -0.4 is 5.32 Å². The molecule has 0 aromatic heterocycles. The molecule has 0 atom stereocenters. The molecule has 0 aliphatic carbocycles. The van der Waals surface area contributed by atoms with Gasteiger partial charge in [-0.1, -0.05) is 18.2 Å². The topological polar surface area (TPSA) is 66.4 Å². The summed E-state index contributed by atoms with van der Waals surface area (Å²) in [6.07, 6.45) is 4.10. The summed E-state index contributed by atoms with van der Waals surface area (Å²) in [5, 5.41) is 11.4. The fraction of sp³-hybridized carbons (Fsp3) is 0.231. The standard InChI is InChI=1S/C13H14FNO3/c1-9(16)15-7-3-2-4-10-5-6-12(14)11(8-10)13(17)18/h2,4-6,8H,3,7H2,1H3,(H,15,16)(H,17,18). The first-order chi connectivity index (χ1) is 8.50. The molecule has 0 fully saturated rings. The zero-order chi connectivity index (χ0) is 13.5. The van der Waals surface area contributed by atoms with Crippen LogP contribution in [0.25, 0.3) is 6.08 Å². The van der Waals surface area contributed by atoms with E-state index in [2.05, 4.69) is 5.32 Å². The quantitative estimate of drug-likeness (QED) is 0.787. The van der Waals surface area contributed by atoms with E-state index >= 15 is 0 Å². The first-order valence-corrected chi connectivity index (χ1v) is 5.44. The van der Waals surface area contributed by atoms with Gasteiger partial charge in [-0.05, 0) is 24.1 Å². The number of nitrogens with one attached hydrogen (secondary N) is 1. The molecule has 1 rings (SSSR count). The van der Waals surface area contributed by atoms with E-state index in [1.54, 1.807) is 12.2 Å². The zero-order valence-corrected chi connectivity index (χ0v) is 9.94. The summed E-state index contributed by atoms with van der Waals surface area (Å²) in [6, 6.07) is 3.89. The highest BCUT2D eigenvalue weighted by Gasteiger charge is 2.09. The summed E-state index contributed by atoms with van der Waals surface area (Å²) in [7, 11) is 0. The van der Waals surface area contributed by atoms with Crippen LogP contribution in [0, 0.1) is 5.82 Å². The van der Waals surface area contributed by atoms with Gasteiger partial charge in [-0.25, -0.2) is 9.18 Å². The lowest BCUT2D eigenvalue weighted by Gasteiger charge is -2.00. The van der Waals surface area contributed by atoms with E-state index in [0.29, 0.717) is 18.5 Å². The Morgan fingerprint density at radius 3 is 2.78 bits per heavy atom. The number of hydrogen-bond acceptors (Lipinski definition) is 2. The van der Waals surface area contributed by atoms with Gasteiger partial charge in [-0.2, -0.15) is 0 Å². The second-order valence-corrected chi connectivity index (χ2v) is 3.72. The molecular weight excluding hydrogens is 237 g/mol. The number of rotatable bonds is 5. The van der Waals surface area contributed by atoms with Crippen molar-refractivity contribution in [1.82, 2.24) is 5.32 Å². The van der Waals surface area contributed by atoms with E-state index in [1.165, 1.54) is 19.1 Å². The Morgan fingerprint density at radius 1 is 1.44 bits per heavy atom. The Hall–Kier alpha value is -2.17. The van der Waals surface area contributed by atoms with Gasteiger partial charge in [0.05, 0.1) is 5.56 Å². The molecule has 0 aliphatic rings. The van der Waals surface area contributed by atoms with Crippen LogP contribution >= 0.6 is 0 Å². The Labute approximate surface area is 104 Å². The molecule has 0 radical (unpaired) electrons. The van der Waals surface area contributed by atoms with E-state index in [9.17, 15) is 14.0 Å². The predicted molar refractivity (Wildman–Crippen MR) is 65.7 cm³/mol. The predicted octanol–water partition coefficient (Wildman–Crippen LogP) is 2.06. The number of benzene rings is 1. The number of carboxylic acids is 1. The average Bonchev–Trinajstić information content (AvgIpc) is 2.30. The van der Waals surface area contributed by atoms with Crippen LogP contribution in [-0.4, -0.2) is 23.5 Å². The van der Waals surface area contributed by atoms with Crippen molar-refractivity contribution in [2.75, 3.05) is 6.54 Å². The van der Waals surface area contributed by atoms with Gasteiger partial charge in [0.2, 0.25) is 5.91 Å². The van der Waals surface area contributed by atoms with Crippen molar-refractivity contribution >= 4 is 18.0 Å². The molecular formula is C13H14FNO3. The Balaban J connectivity index is 2.62. The first kappa shape index (κ1) is 13.9. The monoisotopic (exact) mass is 251 g/mol. The van der Waals surface area contributed by atoms with Gasteiger partial charge in [0.15, 0.2) is 0 Å². The molecule has 4 nitrogen and oxygen atoms in total. The number of aromatic carboxylic acids is 1. The van der Waals surface area contributed by atoms with Gasteiger partial charge < -0.3 is 10.4 Å². The molecule has 18 heavy (non-hydrogen) atoms. The van der Waals surface area contributed by atoms with Crippen molar-refractivity contribution < 1.29 is 19.1 Å². The highest BCUT2D eigenvalue weighted by Crippen LogP contribution is 2.12. The van der Waals surface area contributed by atoms with Crippen LogP contribution in [-0.2, 0) is 4.79 Å². The Kier molecular flexibility index (Phi) is 5.05. The number of carboxylic acid groups (broad SMARTS) is 1. The van der Waals surface area contributed by atoms with Crippen LogP contribution in [0.3, 0.4) is 0 Å². The molecule has 0 saturated heterocycles. The van der Waals surface area contributed by atoms with Gasteiger partial charge in [-0.3, -0.25) is 4.79 Å². The molecule has 5 heteroatoms. The summed E-state index contributed by atoms with van der Waals surface area (Å²) in [5.74, 6) is -2.14. The molecule has 1 aromatic rings. The maximum absolute atomic E-state index is 13.1. The van der Waals surface area contributed by atoms with Gasteiger partial charge in [0.1, 0.15) is 5.82 Å². The number of carbonyl (C=O) groups excluding carboxylic acids is 1. The fourth-order valence-corrected chi connectivity index (χ4v) is 1.36. The third-order valence-corrected chi connectivity index (χ3v) is 2.22. The van der Waals surface area contributed by atoms with E-state index in [1.807, 2.05) is 0 Å². The second kappa shape index (κ2) is 6.54. The fourth-order valence-electron chi connectivity index (χ4n) is 1.36. The van der Waals surface area contributed by atoms with Crippen LogP contribution in [0.2, 0.25) is 0 Å². The third-order valence-electron chi connectivity index (χ3n) is 2.22. The Bertz CT molecular complexity index is 483. The maximum Gasteiger partial charge on any atom is 0.338 e. The zero-order valence-electron chi connectivity index (χ0n) is 9.94. The molecule has 2 N–H and O–H groups in total. The average molecular weight is 251 g/mol. The van der Waals surface area contributed by atoms with Crippen molar-refractivity contribution in [2.24, 2.45) is 0 Å². The van der Waals surface area contributed by atoms with Crippen LogP contribution in [0.4, 0.5) is 4.39 Å². The normalized spacial score (nSPS) is 10.6. The molecule has 0 unspecified atom stereocenters. The molecule has 0 saturated carbocycles. The van der Waals surface area contributed by atoms with E-state index < -0.39 is 11.8 Å². The van der Waals surface area contributed by atoms with E-state index in [0.717, 1.165) is 6.07 Å². The minimum absolute atomic E-state index is 0.0988. The van der Waals surface area contributed by atoms with Crippen LogP contribution in [0.5, 0.6) is 0 Å². The van der Waals surface area contributed by atoms with Gasteiger partial charge in [0, 0.05) is 13.5 Å². The lowest BCUT2D eigenvalue weighted by Crippen LogP contribution is -2.20. The minimum atomic E-state index is -1.29. The molecule has 1 aromatic carbocycles. The van der Waals surface area contributed by atoms with Crippen LogP contribution in [0.15, 0.2) is 24.3 Å². The number of amides is 1. The summed E-state index contributed by atoms with van der Waals surface area (Å²) >= 11 is 0. The smallest absolute Gasteiger partial charge is 0.338 e. The molecule has 1 amide bonds. The number of halogens is 1.